The van der Waals surface area contributed by atoms with Crippen LogP contribution in [0.2, 0.25) is 0 Å². The number of aromatic amines is 1. The van der Waals surface area contributed by atoms with Crippen molar-refractivity contribution >= 4 is 0 Å². The molecule has 0 saturated carbocycles. The summed E-state index contributed by atoms with van der Waals surface area (Å²) >= 11 is 0. The van der Waals surface area contributed by atoms with Crippen LogP contribution < -0.4 is 14.8 Å². The quantitative estimate of drug-likeness (QED) is 0.897. The zero-order chi connectivity index (χ0) is 14.7. The summed E-state index contributed by atoms with van der Waals surface area (Å²) in [7, 11) is 3.28. The zero-order valence-electron chi connectivity index (χ0n) is 12.2. The molecule has 3 rings (SSSR count). The molecule has 6 heteroatoms. The van der Waals surface area contributed by atoms with Crippen molar-refractivity contribution in [2.24, 2.45) is 0 Å². The summed E-state index contributed by atoms with van der Waals surface area (Å²) in [6, 6.07) is 5.83. The largest absolute Gasteiger partial charge is 0.497 e. The summed E-state index contributed by atoms with van der Waals surface area (Å²) in [6.07, 6.45) is 1.82. The van der Waals surface area contributed by atoms with Crippen LogP contribution in [0.4, 0.5) is 0 Å². The Hall–Kier alpha value is -2.05. The van der Waals surface area contributed by atoms with Gasteiger partial charge in [0, 0.05) is 18.2 Å². The predicted molar refractivity (Wildman–Crippen MR) is 78.7 cm³/mol. The van der Waals surface area contributed by atoms with E-state index in [1.165, 1.54) is 0 Å². The molecule has 0 bridgehead atoms. The number of imidazole rings is 1. The Labute approximate surface area is 123 Å². The van der Waals surface area contributed by atoms with Gasteiger partial charge in [-0.25, -0.2) is 4.98 Å². The molecule has 2 heterocycles. The number of H-pyrrole nitrogens is 1. The molecule has 0 amide bonds. The van der Waals surface area contributed by atoms with E-state index >= 15 is 0 Å². The molecule has 1 aromatic heterocycles. The second kappa shape index (κ2) is 6.15. The van der Waals surface area contributed by atoms with Crippen molar-refractivity contribution in [3.8, 4) is 22.8 Å². The van der Waals surface area contributed by atoms with Gasteiger partial charge in [0.1, 0.15) is 17.3 Å². The molecule has 112 valence electrons. The molecule has 0 aliphatic carbocycles. The summed E-state index contributed by atoms with van der Waals surface area (Å²) < 4.78 is 16.1. The van der Waals surface area contributed by atoms with Crippen molar-refractivity contribution in [3.05, 3.63) is 30.2 Å². The number of benzene rings is 1. The molecule has 0 spiro atoms. The second-order valence-corrected chi connectivity index (χ2v) is 4.83. The minimum atomic E-state index is 0.108. The van der Waals surface area contributed by atoms with E-state index in [0.29, 0.717) is 6.61 Å². The van der Waals surface area contributed by atoms with E-state index in [9.17, 15) is 0 Å². The highest BCUT2D eigenvalue weighted by Gasteiger charge is 2.19. The van der Waals surface area contributed by atoms with Crippen LogP contribution >= 0.6 is 0 Å². The Morgan fingerprint density at radius 1 is 1.29 bits per heavy atom. The van der Waals surface area contributed by atoms with Crippen molar-refractivity contribution in [2.75, 3.05) is 34.0 Å². The predicted octanol–water partition coefficient (Wildman–Crippen LogP) is 1.75. The van der Waals surface area contributed by atoms with Crippen LogP contribution in [-0.2, 0) is 4.74 Å². The number of aromatic nitrogens is 2. The van der Waals surface area contributed by atoms with Crippen LogP contribution in [0.3, 0.4) is 0 Å². The van der Waals surface area contributed by atoms with E-state index in [1.54, 1.807) is 14.2 Å². The Bertz CT molecular complexity index is 606. The highest BCUT2D eigenvalue weighted by molar-refractivity contribution is 5.68. The zero-order valence-corrected chi connectivity index (χ0v) is 12.2. The van der Waals surface area contributed by atoms with Gasteiger partial charge in [0.15, 0.2) is 0 Å². The number of nitrogens with zero attached hydrogens (tertiary/aromatic N) is 1. The highest BCUT2D eigenvalue weighted by atomic mass is 16.5. The number of morpholine rings is 1. The average Bonchev–Trinajstić information content (AvgIpc) is 3.04. The molecule has 0 radical (unpaired) electrons. The number of hydrogen-bond acceptors (Lipinski definition) is 5. The number of hydrogen-bond donors (Lipinski definition) is 2. The third-order valence-electron chi connectivity index (χ3n) is 3.55. The Morgan fingerprint density at radius 3 is 2.90 bits per heavy atom. The van der Waals surface area contributed by atoms with Gasteiger partial charge in [-0.2, -0.15) is 0 Å². The van der Waals surface area contributed by atoms with Crippen molar-refractivity contribution < 1.29 is 14.2 Å². The number of ether oxygens (including phenoxy) is 3. The van der Waals surface area contributed by atoms with Gasteiger partial charge in [0.25, 0.3) is 0 Å². The minimum absolute atomic E-state index is 0.108. The second-order valence-electron chi connectivity index (χ2n) is 4.83. The standard InChI is InChI=1S/C15H19N3O3/c1-19-10-3-4-11(14(7-10)20-2)12-8-17-15(18-12)13-9-21-6-5-16-13/h3-4,7-8,13,16H,5-6,9H2,1-2H3,(H,17,18). The Morgan fingerprint density at radius 2 is 2.19 bits per heavy atom. The van der Waals surface area contributed by atoms with Crippen molar-refractivity contribution in [3.63, 3.8) is 0 Å². The van der Waals surface area contributed by atoms with Crippen LogP contribution in [0.25, 0.3) is 11.3 Å². The molecule has 1 unspecified atom stereocenters. The summed E-state index contributed by atoms with van der Waals surface area (Å²) in [4.78, 5) is 7.79. The molecular formula is C15H19N3O3. The van der Waals surface area contributed by atoms with Gasteiger partial charge < -0.3 is 24.5 Å². The summed E-state index contributed by atoms with van der Waals surface area (Å²) in [6.45, 7) is 2.22. The van der Waals surface area contributed by atoms with Gasteiger partial charge in [-0.05, 0) is 12.1 Å². The minimum Gasteiger partial charge on any atom is -0.497 e. The van der Waals surface area contributed by atoms with Crippen molar-refractivity contribution in [1.82, 2.24) is 15.3 Å². The summed E-state index contributed by atoms with van der Waals surface area (Å²) in [5.74, 6) is 2.39. The van der Waals surface area contributed by atoms with Crippen LogP contribution in [-0.4, -0.2) is 43.9 Å². The fourth-order valence-electron chi connectivity index (χ4n) is 2.41. The summed E-state index contributed by atoms with van der Waals surface area (Å²) in [5, 5.41) is 3.38. The third-order valence-corrected chi connectivity index (χ3v) is 3.55. The van der Waals surface area contributed by atoms with Crippen molar-refractivity contribution in [1.29, 1.82) is 0 Å². The first-order valence-corrected chi connectivity index (χ1v) is 6.90. The Kier molecular flexibility index (Phi) is 4.08. The SMILES string of the molecule is COc1ccc(-c2cnc(C3COCCN3)[nH]2)c(OC)c1. The van der Waals surface area contributed by atoms with Gasteiger partial charge in [0.2, 0.25) is 0 Å². The molecule has 2 aromatic rings. The van der Waals surface area contributed by atoms with Crippen LogP contribution in [0, 0.1) is 0 Å². The lowest BCUT2D eigenvalue weighted by Crippen LogP contribution is -2.35. The van der Waals surface area contributed by atoms with E-state index < -0.39 is 0 Å². The van der Waals surface area contributed by atoms with Gasteiger partial charge >= 0.3 is 0 Å². The number of rotatable bonds is 4. The van der Waals surface area contributed by atoms with Gasteiger partial charge in [-0.3, -0.25) is 0 Å². The van der Waals surface area contributed by atoms with Crippen LogP contribution in [0.5, 0.6) is 11.5 Å². The lowest BCUT2D eigenvalue weighted by atomic mass is 10.1. The van der Waals surface area contributed by atoms with Crippen LogP contribution in [0.15, 0.2) is 24.4 Å². The number of methoxy groups -OCH3 is 2. The molecule has 1 fully saturated rings. The first-order chi connectivity index (χ1) is 10.3. The Balaban J connectivity index is 1.88. The maximum atomic E-state index is 5.46. The molecule has 1 aliphatic rings. The first-order valence-electron chi connectivity index (χ1n) is 6.90. The van der Waals surface area contributed by atoms with E-state index in [0.717, 1.165) is 41.7 Å². The summed E-state index contributed by atoms with van der Waals surface area (Å²) in [5.41, 5.74) is 1.87. The molecule has 1 aliphatic heterocycles. The maximum absolute atomic E-state index is 5.46. The monoisotopic (exact) mass is 289 g/mol. The molecule has 1 atom stereocenters. The highest BCUT2D eigenvalue weighted by Crippen LogP contribution is 2.32. The van der Waals surface area contributed by atoms with E-state index in [4.69, 9.17) is 14.2 Å². The third kappa shape index (κ3) is 2.86. The van der Waals surface area contributed by atoms with Gasteiger partial charge in [0.05, 0.1) is 45.4 Å². The molecule has 1 saturated heterocycles. The average molecular weight is 289 g/mol. The molecule has 2 N–H and O–H groups in total. The molecule has 6 nitrogen and oxygen atoms in total. The lowest BCUT2D eigenvalue weighted by Gasteiger charge is -2.21. The topological polar surface area (TPSA) is 68.4 Å². The van der Waals surface area contributed by atoms with Crippen LogP contribution in [0.1, 0.15) is 11.9 Å². The molecule has 1 aromatic carbocycles. The smallest absolute Gasteiger partial charge is 0.131 e. The molecular weight excluding hydrogens is 270 g/mol. The maximum Gasteiger partial charge on any atom is 0.131 e. The normalized spacial score (nSPS) is 18.5. The lowest BCUT2D eigenvalue weighted by molar-refractivity contribution is 0.0745. The van der Waals surface area contributed by atoms with Gasteiger partial charge in [-0.1, -0.05) is 0 Å². The number of nitrogens with one attached hydrogen (secondary N) is 2. The van der Waals surface area contributed by atoms with Gasteiger partial charge in [-0.15, -0.1) is 0 Å². The van der Waals surface area contributed by atoms with E-state index in [-0.39, 0.29) is 6.04 Å². The fraction of sp³-hybridized carbons (Fsp3) is 0.400. The van der Waals surface area contributed by atoms with E-state index in [1.807, 2.05) is 24.4 Å². The van der Waals surface area contributed by atoms with E-state index in [2.05, 4.69) is 15.3 Å². The first kappa shape index (κ1) is 13.9. The fourth-order valence-corrected chi connectivity index (χ4v) is 2.41. The molecule has 21 heavy (non-hydrogen) atoms. The van der Waals surface area contributed by atoms with Crippen molar-refractivity contribution in [2.45, 2.75) is 6.04 Å².